The van der Waals surface area contributed by atoms with Crippen LogP contribution in [-0.4, -0.2) is 66.5 Å². The average molecular weight is 437 g/mol. The molecule has 2 amide bonds. The van der Waals surface area contributed by atoms with Gasteiger partial charge in [-0.3, -0.25) is 14.5 Å². The van der Waals surface area contributed by atoms with Crippen LogP contribution in [0.4, 0.5) is 0 Å². The fraction of sp³-hybridized carbons (Fsp3) is 0.440. The van der Waals surface area contributed by atoms with Crippen LogP contribution in [0.25, 0.3) is 0 Å². The monoisotopic (exact) mass is 436 g/mol. The Hall–Kier alpha value is -2.74. The molecule has 2 heterocycles. The standard InChI is InChI=1S/C25H32N4O3/c1-19-24(29(23(30)18-32-19)17-21-5-3-2-4-6-21)25(31)27-15-20-7-9-22(10-8-20)16-28-13-11-26-12-14-28/h2-10,19,24,26H,11-18H2,1H3,(H,27,31)/t19-,24+/m1/s1. The van der Waals surface area contributed by atoms with Crippen molar-refractivity contribution in [2.75, 3.05) is 32.8 Å². The molecule has 2 aromatic rings. The molecular formula is C25H32N4O3. The minimum atomic E-state index is -0.650. The van der Waals surface area contributed by atoms with Gasteiger partial charge in [-0.15, -0.1) is 0 Å². The number of hydrogen-bond acceptors (Lipinski definition) is 5. The van der Waals surface area contributed by atoms with Gasteiger partial charge < -0.3 is 20.3 Å². The molecule has 0 bridgehead atoms. The largest absolute Gasteiger partial charge is 0.366 e. The van der Waals surface area contributed by atoms with Gasteiger partial charge in [-0.2, -0.15) is 0 Å². The smallest absolute Gasteiger partial charge is 0.249 e. The molecule has 2 aliphatic rings. The maximum atomic E-state index is 13.1. The zero-order valence-corrected chi connectivity index (χ0v) is 18.6. The Kier molecular flexibility index (Phi) is 7.52. The first-order valence-electron chi connectivity index (χ1n) is 11.3. The molecular weight excluding hydrogens is 404 g/mol. The molecule has 0 aliphatic carbocycles. The Morgan fingerprint density at radius 2 is 1.66 bits per heavy atom. The highest BCUT2D eigenvalue weighted by molar-refractivity contribution is 5.89. The molecule has 170 valence electrons. The first-order valence-corrected chi connectivity index (χ1v) is 11.3. The van der Waals surface area contributed by atoms with Crippen molar-refractivity contribution in [3.05, 3.63) is 71.3 Å². The maximum absolute atomic E-state index is 13.1. The maximum Gasteiger partial charge on any atom is 0.249 e. The van der Waals surface area contributed by atoms with Gasteiger partial charge in [-0.1, -0.05) is 54.6 Å². The van der Waals surface area contributed by atoms with Gasteiger partial charge in [0.15, 0.2) is 0 Å². The molecule has 4 rings (SSSR count). The minimum absolute atomic E-state index is 0.00627. The van der Waals surface area contributed by atoms with Crippen LogP contribution in [-0.2, 0) is 34.0 Å². The van der Waals surface area contributed by atoms with E-state index in [4.69, 9.17) is 4.74 Å². The topological polar surface area (TPSA) is 73.9 Å². The number of morpholine rings is 1. The summed E-state index contributed by atoms with van der Waals surface area (Å²) in [7, 11) is 0. The zero-order chi connectivity index (χ0) is 22.3. The predicted molar refractivity (Wildman–Crippen MR) is 123 cm³/mol. The fourth-order valence-electron chi connectivity index (χ4n) is 4.29. The lowest BCUT2D eigenvalue weighted by molar-refractivity contribution is -0.163. The third-order valence-corrected chi connectivity index (χ3v) is 6.14. The summed E-state index contributed by atoms with van der Waals surface area (Å²) in [6.45, 7) is 7.83. The van der Waals surface area contributed by atoms with E-state index < -0.39 is 6.04 Å². The van der Waals surface area contributed by atoms with Crippen LogP contribution in [0.2, 0.25) is 0 Å². The Labute approximate surface area is 189 Å². The minimum Gasteiger partial charge on any atom is -0.366 e. The van der Waals surface area contributed by atoms with Crippen molar-refractivity contribution in [3.63, 3.8) is 0 Å². The van der Waals surface area contributed by atoms with Gasteiger partial charge in [0.05, 0.1) is 6.10 Å². The quantitative estimate of drug-likeness (QED) is 0.689. The van der Waals surface area contributed by atoms with Crippen LogP contribution in [0.15, 0.2) is 54.6 Å². The number of amides is 2. The molecule has 2 atom stereocenters. The SMILES string of the molecule is C[C@H]1OCC(=O)N(Cc2ccccc2)[C@@H]1C(=O)NCc1ccc(CN2CCNCC2)cc1. The molecule has 2 aromatic carbocycles. The van der Waals surface area contributed by atoms with E-state index in [9.17, 15) is 9.59 Å². The highest BCUT2D eigenvalue weighted by atomic mass is 16.5. The molecule has 2 saturated heterocycles. The highest BCUT2D eigenvalue weighted by Gasteiger charge is 2.39. The average Bonchev–Trinajstić information content (AvgIpc) is 2.82. The van der Waals surface area contributed by atoms with Gasteiger partial charge in [-0.25, -0.2) is 0 Å². The van der Waals surface area contributed by atoms with E-state index in [-0.39, 0.29) is 24.5 Å². The van der Waals surface area contributed by atoms with Crippen LogP contribution in [0.3, 0.4) is 0 Å². The number of nitrogens with zero attached hydrogens (tertiary/aromatic N) is 2. The number of nitrogens with one attached hydrogen (secondary N) is 2. The highest BCUT2D eigenvalue weighted by Crippen LogP contribution is 2.19. The molecule has 2 fully saturated rings. The van der Waals surface area contributed by atoms with Crippen LogP contribution in [0.1, 0.15) is 23.6 Å². The van der Waals surface area contributed by atoms with Crippen molar-refractivity contribution in [2.45, 2.75) is 38.7 Å². The van der Waals surface area contributed by atoms with E-state index in [0.717, 1.165) is 43.9 Å². The number of rotatable bonds is 7. The lowest BCUT2D eigenvalue weighted by atomic mass is 10.1. The van der Waals surface area contributed by atoms with Crippen molar-refractivity contribution >= 4 is 11.8 Å². The van der Waals surface area contributed by atoms with Gasteiger partial charge in [0.25, 0.3) is 0 Å². The van der Waals surface area contributed by atoms with E-state index in [2.05, 4.69) is 39.8 Å². The van der Waals surface area contributed by atoms with E-state index in [1.165, 1.54) is 5.56 Å². The summed E-state index contributed by atoms with van der Waals surface area (Å²) in [6, 6.07) is 17.5. The van der Waals surface area contributed by atoms with Gasteiger partial charge in [0, 0.05) is 45.8 Å². The summed E-state index contributed by atoms with van der Waals surface area (Å²) in [6.07, 6.45) is -0.363. The summed E-state index contributed by atoms with van der Waals surface area (Å²) in [4.78, 5) is 29.7. The second-order valence-electron chi connectivity index (χ2n) is 8.53. The summed E-state index contributed by atoms with van der Waals surface area (Å²) in [5.41, 5.74) is 3.30. The van der Waals surface area contributed by atoms with Crippen molar-refractivity contribution in [1.82, 2.24) is 20.4 Å². The van der Waals surface area contributed by atoms with Crippen LogP contribution in [0, 0.1) is 0 Å². The van der Waals surface area contributed by atoms with Crippen LogP contribution >= 0.6 is 0 Å². The number of carbonyl (C=O) groups excluding carboxylic acids is 2. The van der Waals surface area contributed by atoms with Crippen molar-refractivity contribution in [1.29, 1.82) is 0 Å². The summed E-state index contributed by atoms with van der Waals surface area (Å²) >= 11 is 0. The van der Waals surface area contributed by atoms with Crippen molar-refractivity contribution < 1.29 is 14.3 Å². The number of hydrogen-bond donors (Lipinski definition) is 2. The van der Waals surface area contributed by atoms with Crippen molar-refractivity contribution in [3.8, 4) is 0 Å². The summed E-state index contributed by atoms with van der Waals surface area (Å²) in [5.74, 6) is -0.351. The van der Waals surface area contributed by atoms with E-state index in [1.54, 1.807) is 4.90 Å². The lowest BCUT2D eigenvalue weighted by Crippen LogP contribution is -2.59. The number of benzene rings is 2. The third-order valence-electron chi connectivity index (χ3n) is 6.14. The fourth-order valence-corrected chi connectivity index (χ4v) is 4.29. The molecule has 0 radical (unpaired) electrons. The predicted octanol–water partition coefficient (Wildman–Crippen LogP) is 1.52. The molecule has 0 saturated carbocycles. The number of carbonyl (C=O) groups is 2. The number of piperazine rings is 1. The second-order valence-corrected chi connectivity index (χ2v) is 8.53. The van der Waals surface area contributed by atoms with Crippen LogP contribution < -0.4 is 10.6 Å². The second kappa shape index (κ2) is 10.7. The Bertz CT molecular complexity index is 897. The lowest BCUT2D eigenvalue weighted by Gasteiger charge is -2.38. The molecule has 7 nitrogen and oxygen atoms in total. The molecule has 0 spiro atoms. The first-order chi connectivity index (χ1) is 15.6. The molecule has 2 aliphatic heterocycles. The normalized spacial score (nSPS) is 22.0. The van der Waals surface area contributed by atoms with Gasteiger partial charge in [0.2, 0.25) is 11.8 Å². The Morgan fingerprint density at radius 3 is 2.38 bits per heavy atom. The first kappa shape index (κ1) is 22.5. The third kappa shape index (κ3) is 5.73. The molecule has 0 aromatic heterocycles. The molecule has 2 N–H and O–H groups in total. The van der Waals surface area contributed by atoms with Gasteiger partial charge in [0.1, 0.15) is 12.6 Å². The zero-order valence-electron chi connectivity index (χ0n) is 18.6. The Morgan fingerprint density at radius 1 is 1.00 bits per heavy atom. The Balaban J connectivity index is 1.35. The molecule has 7 heteroatoms. The molecule has 0 unspecified atom stereocenters. The molecule has 32 heavy (non-hydrogen) atoms. The van der Waals surface area contributed by atoms with E-state index in [0.29, 0.717) is 13.1 Å². The summed E-state index contributed by atoms with van der Waals surface area (Å²) < 4.78 is 5.57. The van der Waals surface area contributed by atoms with E-state index >= 15 is 0 Å². The summed E-state index contributed by atoms with van der Waals surface area (Å²) in [5, 5.41) is 6.38. The van der Waals surface area contributed by atoms with Gasteiger partial charge in [-0.05, 0) is 23.6 Å². The van der Waals surface area contributed by atoms with Crippen LogP contribution in [0.5, 0.6) is 0 Å². The number of ether oxygens (including phenoxy) is 1. The van der Waals surface area contributed by atoms with Gasteiger partial charge >= 0.3 is 0 Å². The van der Waals surface area contributed by atoms with E-state index in [1.807, 2.05) is 37.3 Å². The van der Waals surface area contributed by atoms with Crippen molar-refractivity contribution in [2.24, 2.45) is 0 Å².